The first-order valence-corrected chi connectivity index (χ1v) is 6.63. The summed E-state index contributed by atoms with van der Waals surface area (Å²) in [5.74, 6) is -1.16. The molecule has 0 bridgehead atoms. The van der Waals surface area contributed by atoms with E-state index in [1.54, 1.807) is 19.9 Å². The summed E-state index contributed by atoms with van der Waals surface area (Å²) in [7, 11) is -3.89. The van der Waals surface area contributed by atoms with E-state index in [9.17, 15) is 13.2 Å². The van der Waals surface area contributed by atoms with Gasteiger partial charge >= 0.3 is 5.97 Å². The largest absolute Gasteiger partial charge is 0.477 e. The first kappa shape index (κ1) is 12.9. The molecule has 7 heteroatoms. The van der Waals surface area contributed by atoms with Crippen molar-refractivity contribution in [3.63, 3.8) is 0 Å². The minimum atomic E-state index is -3.89. The molecule has 0 aliphatic carbocycles. The number of hydrogen-bond donors (Lipinski definition) is 2. The number of nitrogens with two attached hydrogens (primary N) is 1. The van der Waals surface area contributed by atoms with E-state index >= 15 is 0 Å². The molecule has 0 amide bonds. The van der Waals surface area contributed by atoms with Crippen LogP contribution in [-0.2, 0) is 10.0 Å². The third kappa shape index (κ3) is 2.91. The van der Waals surface area contributed by atoms with Crippen LogP contribution in [0.4, 0.5) is 0 Å². The van der Waals surface area contributed by atoms with Gasteiger partial charge in [-0.2, -0.15) is 0 Å². The average molecular weight is 261 g/mol. The Hall–Kier alpha value is -1.18. The Morgan fingerprint density at radius 1 is 1.50 bits per heavy atom. The van der Waals surface area contributed by atoms with Crippen molar-refractivity contribution in [2.75, 3.05) is 0 Å². The predicted molar refractivity (Wildman–Crippen MR) is 62.0 cm³/mol. The van der Waals surface area contributed by atoms with Crippen LogP contribution in [-0.4, -0.2) is 19.5 Å². The highest BCUT2D eigenvalue weighted by Gasteiger charge is 2.19. The normalized spacial score (nSPS) is 11.2. The van der Waals surface area contributed by atoms with Gasteiger partial charge in [-0.3, -0.25) is 0 Å². The Labute approximate surface area is 97.3 Å². The standard InChI is InChI=1S/C9H11NO4S2/c1-5(2)3-6-8(16(10,13)14)4-7(15-6)9(11)12/h3-4H,1-2H3,(H,11,12)(H2,10,13,14). The van der Waals surface area contributed by atoms with Crippen molar-refractivity contribution in [3.8, 4) is 0 Å². The summed E-state index contributed by atoms with van der Waals surface area (Å²) in [6.07, 6.45) is 1.59. The third-order valence-electron chi connectivity index (χ3n) is 1.66. The average Bonchev–Trinajstić information content (AvgIpc) is 2.45. The van der Waals surface area contributed by atoms with Gasteiger partial charge in [0.1, 0.15) is 9.77 Å². The van der Waals surface area contributed by atoms with Crippen LogP contribution in [0.3, 0.4) is 0 Å². The number of hydrogen-bond acceptors (Lipinski definition) is 4. The summed E-state index contributed by atoms with van der Waals surface area (Å²) in [6.45, 7) is 3.57. The summed E-state index contributed by atoms with van der Waals surface area (Å²) in [5, 5.41) is 13.8. The molecule has 0 aromatic carbocycles. The van der Waals surface area contributed by atoms with Crippen LogP contribution in [0.15, 0.2) is 16.5 Å². The van der Waals surface area contributed by atoms with Crippen molar-refractivity contribution < 1.29 is 18.3 Å². The lowest BCUT2D eigenvalue weighted by Gasteiger charge is -1.96. The molecule has 1 rings (SSSR count). The molecule has 0 fully saturated rings. The lowest BCUT2D eigenvalue weighted by molar-refractivity contribution is 0.0702. The number of primary sulfonamides is 1. The molecule has 5 nitrogen and oxygen atoms in total. The van der Waals surface area contributed by atoms with Crippen molar-refractivity contribution in [1.82, 2.24) is 0 Å². The van der Waals surface area contributed by atoms with E-state index in [1.165, 1.54) is 0 Å². The molecule has 0 atom stereocenters. The van der Waals surface area contributed by atoms with Gasteiger partial charge in [0.25, 0.3) is 0 Å². The van der Waals surface area contributed by atoms with Crippen LogP contribution < -0.4 is 5.14 Å². The van der Waals surface area contributed by atoms with E-state index in [1.807, 2.05) is 0 Å². The van der Waals surface area contributed by atoms with E-state index in [0.717, 1.165) is 23.0 Å². The van der Waals surface area contributed by atoms with E-state index in [-0.39, 0.29) is 9.77 Å². The molecule has 0 radical (unpaired) electrons. The number of carbonyl (C=O) groups is 1. The first-order valence-electron chi connectivity index (χ1n) is 4.26. The molecule has 0 spiro atoms. The Balaban J connectivity index is 3.47. The zero-order valence-corrected chi connectivity index (χ0v) is 10.4. The van der Waals surface area contributed by atoms with Crippen molar-refractivity contribution in [2.24, 2.45) is 5.14 Å². The van der Waals surface area contributed by atoms with Gasteiger partial charge in [0, 0.05) is 4.88 Å². The first-order chi connectivity index (χ1) is 7.21. The summed E-state index contributed by atoms with van der Waals surface area (Å²) >= 11 is 0.888. The van der Waals surface area contributed by atoms with E-state index < -0.39 is 16.0 Å². The van der Waals surface area contributed by atoms with Gasteiger partial charge in [-0.15, -0.1) is 11.3 Å². The van der Waals surface area contributed by atoms with Gasteiger partial charge in [-0.25, -0.2) is 18.4 Å². The number of allylic oxidation sites excluding steroid dienone is 1. The maximum atomic E-state index is 11.2. The molecule has 0 saturated heterocycles. The second-order valence-electron chi connectivity index (χ2n) is 3.41. The molecule has 88 valence electrons. The molecule has 0 aliphatic rings. The molecule has 3 N–H and O–H groups in total. The number of carboxylic acids is 1. The van der Waals surface area contributed by atoms with Crippen molar-refractivity contribution >= 4 is 33.4 Å². The monoisotopic (exact) mass is 261 g/mol. The zero-order valence-electron chi connectivity index (χ0n) is 8.72. The number of aromatic carboxylic acids is 1. The highest BCUT2D eigenvalue weighted by molar-refractivity contribution is 7.89. The Morgan fingerprint density at radius 3 is 2.44 bits per heavy atom. The maximum absolute atomic E-state index is 11.2. The van der Waals surface area contributed by atoms with Crippen LogP contribution in [0.5, 0.6) is 0 Å². The molecule has 0 unspecified atom stereocenters. The lowest BCUT2D eigenvalue weighted by Crippen LogP contribution is -2.12. The fourth-order valence-corrected chi connectivity index (χ4v) is 3.20. The summed E-state index contributed by atoms with van der Waals surface area (Å²) in [4.78, 5) is 10.9. The highest BCUT2D eigenvalue weighted by Crippen LogP contribution is 2.28. The van der Waals surface area contributed by atoms with Crippen molar-refractivity contribution in [2.45, 2.75) is 18.7 Å². The fourth-order valence-electron chi connectivity index (χ4n) is 1.08. The number of sulfonamides is 1. The molecule has 1 heterocycles. The Kier molecular flexibility index (Phi) is 3.51. The summed E-state index contributed by atoms with van der Waals surface area (Å²) in [5.41, 5.74) is 0.865. The number of carboxylic acid groups (broad SMARTS) is 1. The van der Waals surface area contributed by atoms with Crippen molar-refractivity contribution in [3.05, 3.63) is 21.4 Å². The Bertz CT molecular complexity index is 550. The quantitative estimate of drug-likeness (QED) is 0.861. The molecular weight excluding hydrogens is 250 g/mol. The van der Waals surface area contributed by atoms with Gasteiger partial charge in [-0.1, -0.05) is 5.57 Å². The molecule has 16 heavy (non-hydrogen) atoms. The van der Waals surface area contributed by atoms with Crippen LogP contribution in [0.1, 0.15) is 28.4 Å². The van der Waals surface area contributed by atoms with Gasteiger partial charge in [0.15, 0.2) is 0 Å². The molecule has 0 saturated carbocycles. The number of thiophene rings is 1. The molecule has 1 aromatic rings. The SMILES string of the molecule is CC(C)=Cc1sc(C(=O)O)cc1S(N)(=O)=O. The van der Waals surface area contributed by atoms with E-state index in [2.05, 4.69) is 0 Å². The molecule has 0 aliphatic heterocycles. The van der Waals surface area contributed by atoms with Crippen LogP contribution >= 0.6 is 11.3 Å². The topological polar surface area (TPSA) is 97.5 Å². The lowest BCUT2D eigenvalue weighted by atomic mass is 10.3. The third-order valence-corrected chi connectivity index (χ3v) is 3.81. The minimum absolute atomic E-state index is 0.0449. The smallest absolute Gasteiger partial charge is 0.345 e. The molecule has 1 aromatic heterocycles. The fraction of sp³-hybridized carbons (Fsp3) is 0.222. The van der Waals surface area contributed by atoms with Crippen molar-refractivity contribution in [1.29, 1.82) is 0 Å². The van der Waals surface area contributed by atoms with Gasteiger partial charge in [0.2, 0.25) is 10.0 Å². The van der Waals surface area contributed by atoms with Gasteiger partial charge in [-0.05, 0) is 26.0 Å². The second-order valence-corrected chi connectivity index (χ2v) is 6.02. The Morgan fingerprint density at radius 2 is 2.06 bits per heavy atom. The summed E-state index contributed by atoms with van der Waals surface area (Å²) < 4.78 is 22.5. The zero-order chi connectivity index (χ0) is 12.5. The summed E-state index contributed by atoms with van der Waals surface area (Å²) in [6, 6.07) is 1.08. The van der Waals surface area contributed by atoms with Gasteiger partial charge in [0.05, 0.1) is 0 Å². The number of rotatable bonds is 3. The predicted octanol–water partition coefficient (Wildman–Crippen LogP) is 1.52. The van der Waals surface area contributed by atoms with Crippen LogP contribution in [0, 0.1) is 0 Å². The highest BCUT2D eigenvalue weighted by atomic mass is 32.2. The maximum Gasteiger partial charge on any atom is 0.345 e. The van der Waals surface area contributed by atoms with Gasteiger partial charge < -0.3 is 5.11 Å². The van der Waals surface area contributed by atoms with E-state index in [4.69, 9.17) is 10.2 Å². The van der Waals surface area contributed by atoms with E-state index in [0.29, 0.717) is 4.88 Å². The van der Waals surface area contributed by atoms with Crippen LogP contribution in [0.25, 0.3) is 6.08 Å². The minimum Gasteiger partial charge on any atom is -0.477 e. The van der Waals surface area contributed by atoms with Crippen LogP contribution in [0.2, 0.25) is 0 Å². The molecular formula is C9H11NO4S2. The second kappa shape index (κ2) is 4.36.